The van der Waals surface area contributed by atoms with E-state index < -0.39 is 18.6 Å². The second-order valence-electron chi connectivity index (χ2n) is 4.21. The van der Waals surface area contributed by atoms with Gasteiger partial charge in [-0.1, -0.05) is 42.5 Å². The molecule has 0 radical (unpaired) electrons. The molecule has 0 bridgehead atoms. The molecule has 0 heterocycles. The molecular weight excluding hydrogens is 255 g/mol. The van der Waals surface area contributed by atoms with Crippen LogP contribution in [0.15, 0.2) is 42.5 Å². The van der Waals surface area contributed by atoms with Crippen LogP contribution in [0, 0.1) is 0 Å². The first-order chi connectivity index (χ1) is 8.96. The maximum atomic E-state index is 12.0. The van der Waals surface area contributed by atoms with Crippen LogP contribution in [-0.2, 0) is 11.2 Å². The van der Waals surface area contributed by atoms with E-state index in [9.17, 15) is 18.0 Å². The summed E-state index contributed by atoms with van der Waals surface area (Å²) in [5.41, 5.74) is 0.720. The van der Waals surface area contributed by atoms with Gasteiger partial charge in [-0.2, -0.15) is 13.2 Å². The van der Waals surface area contributed by atoms with Crippen molar-refractivity contribution in [1.29, 1.82) is 0 Å². The van der Waals surface area contributed by atoms with E-state index >= 15 is 0 Å². The van der Waals surface area contributed by atoms with Crippen LogP contribution in [-0.4, -0.2) is 18.6 Å². The Morgan fingerprint density at radius 3 is 2.47 bits per heavy atom. The fourth-order valence-corrected chi connectivity index (χ4v) is 1.88. The molecule has 0 saturated heterocycles. The van der Waals surface area contributed by atoms with Crippen molar-refractivity contribution in [1.82, 2.24) is 5.32 Å². The Bertz CT molecular complexity index is 587. The summed E-state index contributed by atoms with van der Waals surface area (Å²) in [5, 5.41) is 3.72. The van der Waals surface area contributed by atoms with Gasteiger partial charge in [0.05, 0.1) is 6.42 Å². The van der Waals surface area contributed by atoms with Gasteiger partial charge in [-0.05, 0) is 16.3 Å². The molecule has 1 N–H and O–H groups in total. The Hall–Kier alpha value is -2.04. The van der Waals surface area contributed by atoms with Gasteiger partial charge in [0.15, 0.2) is 0 Å². The van der Waals surface area contributed by atoms with Gasteiger partial charge in [-0.25, -0.2) is 0 Å². The number of fused-ring (bicyclic) bond motifs is 1. The van der Waals surface area contributed by atoms with Crippen LogP contribution in [0.5, 0.6) is 0 Å². The van der Waals surface area contributed by atoms with Crippen molar-refractivity contribution in [2.45, 2.75) is 12.6 Å². The van der Waals surface area contributed by atoms with Gasteiger partial charge in [0.25, 0.3) is 0 Å². The van der Waals surface area contributed by atoms with Gasteiger partial charge in [-0.3, -0.25) is 4.79 Å². The predicted molar refractivity (Wildman–Crippen MR) is 66.7 cm³/mol. The summed E-state index contributed by atoms with van der Waals surface area (Å²) in [6.07, 6.45) is -4.44. The number of hydrogen-bond acceptors (Lipinski definition) is 1. The number of hydrogen-bond donors (Lipinski definition) is 1. The molecule has 0 aliphatic carbocycles. The van der Waals surface area contributed by atoms with Crippen molar-refractivity contribution in [3.05, 3.63) is 48.0 Å². The molecule has 0 fully saturated rings. The molecule has 5 heteroatoms. The highest BCUT2D eigenvalue weighted by Crippen LogP contribution is 2.19. The maximum Gasteiger partial charge on any atom is 0.405 e. The zero-order chi connectivity index (χ0) is 13.9. The minimum absolute atomic E-state index is 0.0581. The average molecular weight is 267 g/mol. The lowest BCUT2D eigenvalue weighted by molar-refractivity contribution is -0.138. The lowest BCUT2D eigenvalue weighted by Crippen LogP contribution is -2.34. The number of amides is 1. The third-order valence-corrected chi connectivity index (χ3v) is 2.72. The van der Waals surface area contributed by atoms with E-state index in [0.717, 1.165) is 16.3 Å². The van der Waals surface area contributed by atoms with Crippen LogP contribution < -0.4 is 5.32 Å². The highest BCUT2D eigenvalue weighted by Gasteiger charge is 2.27. The molecule has 2 aromatic rings. The van der Waals surface area contributed by atoms with Crippen LogP contribution in [0.2, 0.25) is 0 Å². The number of benzene rings is 2. The molecule has 0 spiro atoms. The number of halogens is 3. The van der Waals surface area contributed by atoms with Gasteiger partial charge < -0.3 is 5.32 Å². The van der Waals surface area contributed by atoms with E-state index in [1.807, 2.05) is 35.6 Å². The summed E-state index contributed by atoms with van der Waals surface area (Å²) in [4.78, 5) is 11.5. The van der Waals surface area contributed by atoms with Gasteiger partial charge in [0.2, 0.25) is 5.91 Å². The smallest absolute Gasteiger partial charge is 0.347 e. The normalized spacial score (nSPS) is 11.5. The SMILES string of the molecule is O=C(Cc1cccc2ccccc12)NCC(F)(F)F. The zero-order valence-electron chi connectivity index (χ0n) is 10.00. The summed E-state index contributed by atoms with van der Waals surface area (Å²) in [6.45, 7) is -1.30. The first kappa shape index (κ1) is 13.4. The molecule has 19 heavy (non-hydrogen) atoms. The van der Waals surface area contributed by atoms with Crippen molar-refractivity contribution >= 4 is 16.7 Å². The van der Waals surface area contributed by atoms with Gasteiger partial charge >= 0.3 is 6.18 Å². The highest BCUT2D eigenvalue weighted by atomic mass is 19.4. The van der Waals surface area contributed by atoms with E-state index in [-0.39, 0.29) is 6.42 Å². The minimum Gasteiger partial charge on any atom is -0.347 e. The molecule has 0 aromatic heterocycles. The molecule has 2 rings (SSSR count). The lowest BCUT2D eigenvalue weighted by atomic mass is 10.0. The standard InChI is InChI=1S/C14H12F3NO/c15-14(16,17)9-18-13(19)8-11-6-3-5-10-4-1-2-7-12(10)11/h1-7H,8-9H2,(H,18,19). The summed E-state index contributed by atoms with van der Waals surface area (Å²) in [7, 11) is 0. The van der Waals surface area contributed by atoms with Crippen LogP contribution in [0.1, 0.15) is 5.56 Å². The van der Waals surface area contributed by atoms with E-state index in [2.05, 4.69) is 0 Å². The van der Waals surface area contributed by atoms with Gasteiger partial charge in [0, 0.05) is 0 Å². The predicted octanol–water partition coefficient (Wildman–Crippen LogP) is 3.06. The molecule has 0 saturated carbocycles. The molecular formula is C14H12F3NO. The average Bonchev–Trinajstić information content (AvgIpc) is 2.36. The number of carbonyl (C=O) groups excluding carboxylic acids is 1. The lowest BCUT2D eigenvalue weighted by Gasteiger charge is -2.09. The fourth-order valence-electron chi connectivity index (χ4n) is 1.88. The monoisotopic (exact) mass is 267 g/mol. The Morgan fingerprint density at radius 2 is 1.74 bits per heavy atom. The molecule has 0 atom stereocenters. The highest BCUT2D eigenvalue weighted by molar-refractivity contribution is 5.90. The summed E-state index contributed by atoms with van der Waals surface area (Å²) in [6, 6.07) is 12.9. The van der Waals surface area contributed by atoms with E-state index in [1.165, 1.54) is 0 Å². The Morgan fingerprint density at radius 1 is 1.05 bits per heavy atom. The number of nitrogens with one attached hydrogen (secondary N) is 1. The van der Waals surface area contributed by atoms with Gasteiger partial charge in [-0.15, -0.1) is 0 Å². The van der Waals surface area contributed by atoms with Crippen LogP contribution in [0.3, 0.4) is 0 Å². The zero-order valence-corrected chi connectivity index (χ0v) is 10.00. The fraction of sp³-hybridized carbons (Fsp3) is 0.214. The Balaban J connectivity index is 2.11. The van der Waals surface area contributed by atoms with Crippen molar-refractivity contribution < 1.29 is 18.0 Å². The summed E-state index contributed by atoms with van der Waals surface area (Å²) >= 11 is 0. The second-order valence-corrected chi connectivity index (χ2v) is 4.21. The van der Waals surface area contributed by atoms with Crippen molar-refractivity contribution in [2.24, 2.45) is 0 Å². The number of rotatable bonds is 3. The quantitative estimate of drug-likeness (QED) is 0.909. The third kappa shape index (κ3) is 3.71. The third-order valence-electron chi connectivity index (χ3n) is 2.72. The van der Waals surface area contributed by atoms with Gasteiger partial charge in [0.1, 0.15) is 6.54 Å². The van der Waals surface area contributed by atoms with Crippen LogP contribution in [0.4, 0.5) is 13.2 Å². The largest absolute Gasteiger partial charge is 0.405 e. The minimum atomic E-state index is -4.38. The molecule has 1 amide bonds. The van der Waals surface area contributed by atoms with Crippen LogP contribution in [0.25, 0.3) is 10.8 Å². The summed E-state index contributed by atoms with van der Waals surface area (Å²) in [5.74, 6) is -0.631. The topological polar surface area (TPSA) is 29.1 Å². The maximum absolute atomic E-state index is 12.0. The number of alkyl halides is 3. The van der Waals surface area contributed by atoms with E-state index in [4.69, 9.17) is 0 Å². The summed E-state index contributed by atoms with van der Waals surface area (Å²) < 4.78 is 36.0. The molecule has 100 valence electrons. The van der Waals surface area contributed by atoms with Crippen molar-refractivity contribution in [3.63, 3.8) is 0 Å². The first-order valence-corrected chi connectivity index (χ1v) is 5.76. The Kier molecular flexibility index (Phi) is 3.74. The van der Waals surface area contributed by atoms with Crippen molar-refractivity contribution in [2.75, 3.05) is 6.54 Å². The molecule has 0 aliphatic rings. The second kappa shape index (κ2) is 5.30. The van der Waals surface area contributed by atoms with E-state index in [1.54, 1.807) is 12.1 Å². The molecule has 2 nitrogen and oxygen atoms in total. The van der Waals surface area contributed by atoms with Crippen LogP contribution >= 0.6 is 0 Å². The molecule has 0 aliphatic heterocycles. The number of carbonyl (C=O) groups is 1. The Labute approximate surface area is 108 Å². The van der Waals surface area contributed by atoms with E-state index in [0.29, 0.717) is 0 Å². The molecule has 2 aromatic carbocycles. The first-order valence-electron chi connectivity index (χ1n) is 5.76. The van der Waals surface area contributed by atoms with Crippen molar-refractivity contribution in [3.8, 4) is 0 Å². The molecule has 0 unspecified atom stereocenters.